The first kappa shape index (κ1) is 19.6. The Balaban J connectivity index is 1.53. The molecule has 1 aliphatic carbocycles. The molecule has 0 aliphatic heterocycles. The zero-order valence-electron chi connectivity index (χ0n) is 18.0. The average Bonchev–Trinajstić information content (AvgIpc) is 3.48. The van der Waals surface area contributed by atoms with E-state index in [1.165, 1.54) is 18.4 Å². The van der Waals surface area contributed by atoms with E-state index < -0.39 is 0 Å². The van der Waals surface area contributed by atoms with Gasteiger partial charge in [-0.3, -0.25) is 9.36 Å². The van der Waals surface area contributed by atoms with E-state index in [2.05, 4.69) is 16.2 Å². The lowest BCUT2D eigenvalue weighted by Crippen LogP contribution is -2.21. The quantitative estimate of drug-likeness (QED) is 0.294. The van der Waals surface area contributed by atoms with Crippen LogP contribution in [-0.2, 0) is 6.54 Å². The molecule has 8 nitrogen and oxygen atoms in total. The summed E-state index contributed by atoms with van der Waals surface area (Å²) >= 11 is 0. The van der Waals surface area contributed by atoms with Gasteiger partial charge in [-0.25, -0.2) is 15.0 Å². The molecule has 0 bridgehead atoms. The molecule has 0 saturated carbocycles. The van der Waals surface area contributed by atoms with Crippen molar-refractivity contribution in [2.75, 3.05) is 0 Å². The van der Waals surface area contributed by atoms with Crippen molar-refractivity contribution in [2.45, 2.75) is 38.6 Å². The Hall–Kier alpha value is -4.07. The van der Waals surface area contributed by atoms with Crippen LogP contribution in [0.1, 0.15) is 37.9 Å². The van der Waals surface area contributed by atoms with Crippen LogP contribution >= 0.6 is 0 Å². The fourth-order valence-corrected chi connectivity index (χ4v) is 4.40. The minimum Gasteiger partial charge on any atom is -0.463 e. The molecule has 1 aliphatic rings. The predicted molar refractivity (Wildman–Crippen MR) is 127 cm³/mol. The third kappa shape index (κ3) is 3.53. The van der Waals surface area contributed by atoms with E-state index in [-0.39, 0.29) is 5.56 Å². The van der Waals surface area contributed by atoms with Crippen LogP contribution in [0.2, 0.25) is 0 Å². The van der Waals surface area contributed by atoms with Gasteiger partial charge in [0.15, 0.2) is 11.3 Å². The van der Waals surface area contributed by atoms with Crippen LogP contribution in [0.5, 0.6) is 0 Å². The summed E-state index contributed by atoms with van der Waals surface area (Å²) < 4.78 is 8.62. The highest BCUT2D eigenvalue weighted by atomic mass is 16.3. The fourth-order valence-electron chi connectivity index (χ4n) is 4.40. The zero-order chi connectivity index (χ0) is 22.2. The number of nitrogens with zero attached hydrogens (tertiary/aromatic N) is 6. The molecule has 0 saturated heterocycles. The molecule has 0 amide bonds. The van der Waals surface area contributed by atoms with E-state index in [1.807, 2.05) is 24.3 Å². The van der Waals surface area contributed by atoms with Crippen LogP contribution in [0, 0.1) is 0 Å². The van der Waals surface area contributed by atoms with Crippen molar-refractivity contribution in [3.8, 4) is 0 Å². The number of hydrogen-bond acceptors (Lipinski definition) is 6. The van der Waals surface area contributed by atoms with Crippen molar-refractivity contribution in [2.24, 2.45) is 5.10 Å². The topological polar surface area (TPSA) is 91.1 Å². The van der Waals surface area contributed by atoms with Gasteiger partial charge in [-0.2, -0.15) is 9.78 Å². The summed E-state index contributed by atoms with van der Waals surface area (Å²) in [6, 6.07) is 11.2. The normalized spacial score (nSPS) is 14.6. The van der Waals surface area contributed by atoms with Gasteiger partial charge >= 0.3 is 0 Å². The minimum atomic E-state index is -0.127. The van der Waals surface area contributed by atoms with Crippen molar-refractivity contribution in [1.29, 1.82) is 0 Å². The summed E-state index contributed by atoms with van der Waals surface area (Å²) in [4.78, 5) is 27.7. The monoisotopic (exact) mass is 438 g/mol. The summed E-state index contributed by atoms with van der Waals surface area (Å²) in [5.74, 6) is 0.591. The third-order valence-corrected chi connectivity index (χ3v) is 6.11. The second-order valence-corrected chi connectivity index (χ2v) is 8.26. The lowest BCUT2D eigenvalue weighted by molar-refractivity contribution is 0.559. The Morgan fingerprint density at radius 1 is 1.06 bits per heavy atom. The zero-order valence-corrected chi connectivity index (χ0v) is 18.0. The van der Waals surface area contributed by atoms with E-state index in [1.54, 1.807) is 40.2 Å². The second kappa shape index (κ2) is 8.12. The Morgan fingerprint density at radius 2 is 1.94 bits per heavy atom. The van der Waals surface area contributed by atoms with Gasteiger partial charge in [0.05, 0.1) is 29.8 Å². The van der Waals surface area contributed by atoms with Gasteiger partial charge in [-0.1, -0.05) is 23.8 Å². The Labute approximate surface area is 188 Å². The van der Waals surface area contributed by atoms with Gasteiger partial charge in [0.25, 0.3) is 5.56 Å². The number of fused-ring (bicyclic) bond motifs is 4. The van der Waals surface area contributed by atoms with E-state index in [0.717, 1.165) is 30.3 Å². The molecule has 4 heterocycles. The number of furan rings is 1. The molecule has 6 rings (SSSR count). The number of allylic oxidation sites excluding steroid dienone is 2. The smallest absolute Gasteiger partial charge is 0.265 e. The first-order valence-electron chi connectivity index (χ1n) is 11.2. The SMILES string of the molecule is O=c1c2c3nc4ccccc4nc3n(/N=C\c3ccco3)c2ncn1CCC1=CCCCC1. The van der Waals surface area contributed by atoms with Crippen molar-refractivity contribution in [3.63, 3.8) is 0 Å². The number of aryl methyl sites for hydroxylation is 1. The maximum Gasteiger partial charge on any atom is 0.265 e. The van der Waals surface area contributed by atoms with Gasteiger partial charge in [-0.15, -0.1) is 0 Å². The minimum absolute atomic E-state index is 0.127. The van der Waals surface area contributed by atoms with E-state index in [4.69, 9.17) is 14.4 Å². The molecule has 0 N–H and O–H groups in total. The second-order valence-electron chi connectivity index (χ2n) is 8.26. The van der Waals surface area contributed by atoms with Crippen molar-refractivity contribution >= 4 is 39.4 Å². The number of aromatic nitrogens is 5. The highest BCUT2D eigenvalue weighted by Crippen LogP contribution is 2.25. The first-order valence-corrected chi connectivity index (χ1v) is 11.2. The molecule has 8 heteroatoms. The van der Waals surface area contributed by atoms with Gasteiger partial charge < -0.3 is 4.42 Å². The van der Waals surface area contributed by atoms with E-state index in [9.17, 15) is 4.79 Å². The Bertz CT molecular complexity index is 1590. The summed E-state index contributed by atoms with van der Waals surface area (Å²) in [7, 11) is 0. The van der Waals surface area contributed by atoms with Crippen LogP contribution < -0.4 is 5.56 Å². The summed E-state index contributed by atoms with van der Waals surface area (Å²) in [5.41, 5.74) is 4.17. The number of rotatable bonds is 5. The Morgan fingerprint density at radius 3 is 2.73 bits per heavy atom. The van der Waals surface area contributed by atoms with Gasteiger partial charge in [0.1, 0.15) is 16.7 Å². The van der Waals surface area contributed by atoms with Crippen molar-refractivity contribution in [3.05, 3.63) is 76.8 Å². The molecule has 0 fully saturated rings. The molecule has 5 aromatic rings. The Kier molecular flexibility index (Phi) is 4.83. The first-order chi connectivity index (χ1) is 16.3. The molecule has 0 unspecified atom stereocenters. The van der Waals surface area contributed by atoms with Gasteiger partial charge in [0.2, 0.25) is 0 Å². The largest absolute Gasteiger partial charge is 0.463 e. The molecule has 33 heavy (non-hydrogen) atoms. The van der Waals surface area contributed by atoms with E-state index in [0.29, 0.717) is 34.5 Å². The number of hydrogen-bond donors (Lipinski definition) is 0. The molecule has 0 spiro atoms. The maximum atomic E-state index is 13.5. The lowest BCUT2D eigenvalue weighted by Gasteiger charge is -2.13. The predicted octanol–water partition coefficient (Wildman–Crippen LogP) is 4.66. The molecule has 0 radical (unpaired) electrons. The molecule has 164 valence electrons. The molecular formula is C25H22N6O2. The van der Waals surface area contributed by atoms with Crippen molar-refractivity contribution < 1.29 is 4.42 Å². The van der Waals surface area contributed by atoms with Gasteiger partial charge in [-0.05, 0) is 56.4 Å². The summed E-state index contributed by atoms with van der Waals surface area (Å²) in [6.07, 6.45) is 12.7. The van der Waals surface area contributed by atoms with Crippen LogP contribution in [0.3, 0.4) is 0 Å². The van der Waals surface area contributed by atoms with Crippen LogP contribution in [-0.4, -0.2) is 30.4 Å². The maximum absolute atomic E-state index is 13.5. The third-order valence-electron chi connectivity index (χ3n) is 6.11. The highest BCUT2D eigenvalue weighted by Gasteiger charge is 2.20. The fraction of sp³-hybridized carbons (Fsp3) is 0.240. The number of benzene rings is 1. The molecule has 4 aromatic heterocycles. The summed E-state index contributed by atoms with van der Waals surface area (Å²) in [5, 5.41) is 4.97. The van der Waals surface area contributed by atoms with Gasteiger partial charge in [0, 0.05) is 6.54 Å². The summed E-state index contributed by atoms with van der Waals surface area (Å²) in [6.45, 7) is 0.594. The van der Waals surface area contributed by atoms with Crippen molar-refractivity contribution in [1.82, 2.24) is 24.2 Å². The van der Waals surface area contributed by atoms with Crippen LogP contribution in [0.25, 0.3) is 33.2 Å². The average molecular weight is 438 g/mol. The standard InChI is InChI=1S/C25H22N6O2/c32-25-21-22-24(29-20-11-5-4-10-19(20)28-22)31(27-15-18-9-6-14-33-18)23(21)26-16-30(25)13-12-17-7-2-1-3-8-17/h4-7,9-11,14-16H,1-3,8,12-13H2/b27-15-. The molecular weight excluding hydrogens is 416 g/mol. The van der Waals surface area contributed by atoms with E-state index >= 15 is 0 Å². The number of para-hydroxylation sites is 2. The highest BCUT2D eigenvalue weighted by molar-refractivity contribution is 6.04. The van der Waals surface area contributed by atoms with Crippen LogP contribution in [0.15, 0.2) is 75.0 Å². The molecule has 1 aromatic carbocycles. The lowest BCUT2D eigenvalue weighted by atomic mass is 9.97. The van der Waals surface area contributed by atoms with Crippen LogP contribution in [0.4, 0.5) is 0 Å². The molecule has 0 atom stereocenters.